The van der Waals surface area contributed by atoms with Gasteiger partial charge in [0.05, 0.1) is 6.04 Å². The molecule has 0 aromatic heterocycles. The van der Waals surface area contributed by atoms with Gasteiger partial charge in [-0.1, -0.05) is 35.9 Å². The van der Waals surface area contributed by atoms with E-state index in [9.17, 15) is 9.59 Å². The Morgan fingerprint density at radius 1 is 0.968 bits per heavy atom. The van der Waals surface area contributed by atoms with Gasteiger partial charge in [0.1, 0.15) is 0 Å². The van der Waals surface area contributed by atoms with Crippen molar-refractivity contribution in [1.29, 1.82) is 0 Å². The zero-order chi connectivity index (χ0) is 22.2. The summed E-state index contributed by atoms with van der Waals surface area (Å²) in [7, 11) is 4.03. The Labute approximate surface area is 189 Å². The number of halogens is 1. The fraction of sp³-hybridized carbons (Fsp3) is 0.417. The van der Waals surface area contributed by atoms with Crippen molar-refractivity contribution in [2.45, 2.75) is 25.3 Å². The van der Waals surface area contributed by atoms with E-state index in [4.69, 9.17) is 11.6 Å². The average molecular weight is 443 g/mol. The fourth-order valence-corrected chi connectivity index (χ4v) is 3.95. The molecule has 1 fully saturated rings. The molecule has 7 heteroatoms. The Hall–Kier alpha value is -2.57. The van der Waals surface area contributed by atoms with Crippen molar-refractivity contribution in [3.8, 4) is 0 Å². The number of amides is 2. The van der Waals surface area contributed by atoms with Crippen molar-refractivity contribution < 1.29 is 9.59 Å². The Morgan fingerprint density at radius 2 is 1.58 bits per heavy atom. The molecule has 1 aliphatic rings. The standard InChI is InChI=1S/C24H31ClN4O2/c1-28(2)21-11-7-19(8-12-21)22(29-15-3-4-16-29)17-27-24(31)23(30)26-14-13-18-5-9-20(25)10-6-18/h5-12,22H,3-4,13-17H2,1-2H3,(H,26,30)(H,27,31). The summed E-state index contributed by atoms with van der Waals surface area (Å²) in [6, 6.07) is 15.9. The number of nitrogens with one attached hydrogen (secondary N) is 2. The van der Waals surface area contributed by atoms with Crippen LogP contribution in [0.1, 0.15) is 30.0 Å². The summed E-state index contributed by atoms with van der Waals surface area (Å²) in [5.74, 6) is -1.19. The zero-order valence-electron chi connectivity index (χ0n) is 18.2. The predicted octanol–water partition coefficient (Wildman–Crippen LogP) is 3.02. The predicted molar refractivity (Wildman–Crippen MR) is 125 cm³/mol. The smallest absolute Gasteiger partial charge is 0.309 e. The first-order valence-corrected chi connectivity index (χ1v) is 11.1. The summed E-state index contributed by atoms with van der Waals surface area (Å²) in [6.07, 6.45) is 2.96. The van der Waals surface area contributed by atoms with Gasteiger partial charge in [-0.3, -0.25) is 14.5 Å². The number of nitrogens with zero attached hydrogens (tertiary/aromatic N) is 2. The lowest BCUT2D eigenvalue weighted by molar-refractivity contribution is -0.139. The van der Waals surface area contributed by atoms with Crippen molar-refractivity contribution >= 4 is 29.1 Å². The van der Waals surface area contributed by atoms with E-state index in [0.29, 0.717) is 24.5 Å². The van der Waals surface area contributed by atoms with Gasteiger partial charge in [0.2, 0.25) is 0 Å². The Bertz CT molecular complexity index is 862. The molecule has 0 bridgehead atoms. The van der Waals surface area contributed by atoms with Gasteiger partial charge in [-0.05, 0) is 67.7 Å². The number of carbonyl (C=O) groups is 2. The van der Waals surface area contributed by atoms with Crippen molar-refractivity contribution in [3.63, 3.8) is 0 Å². The van der Waals surface area contributed by atoms with E-state index in [0.717, 1.165) is 42.7 Å². The first-order chi connectivity index (χ1) is 14.9. The number of anilines is 1. The molecular weight excluding hydrogens is 412 g/mol. The van der Waals surface area contributed by atoms with Gasteiger partial charge >= 0.3 is 11.8 Å². The van der Waals surface area contributed by atoms with E-state index in [-0.39, 0.29) is 6.04 Å². The van der Waals surface area contributed by atoms with E-state index in [1.54, 1.807) is 0 Å². The van der Waals surface area contributed by atoms with Gasteiger partial charge in [-0.15, -0.1) is 0 Å². The summed E-state index contributed by atoms with van der Waals surface area (Å²) in [6.45, 7) is 2.81. The van der Waals surface area contributed by atoms with Crippen LogP contribution in [0.3, 0.4) is 0 Å². The maximum absolute atomic E-state index is 12.4. The largest absolute Gasteiger partial charge is 0.378 e. The van der Waals surface area contributed by atoms with Crippen molar-refractivity contribution in [2.24, 2.45) is 0 Å². The zero-order valence-corrected chi connectivity index (χ0v) is 19.0. The molecule has 1 atom stereocenters. The second-order valence-electron chi connectivity index (χ2n) is 8.09. The van der Waals surface area contributed by atoms with E-state index in [2.05, 4.69) is 44.7 Å². The molecule has 2 aromatic carbocycles. The summed E-state index contributed by atoms with van der Waals surface area (Å²) >= 11 is 5.88. The minimum Gasteiger partial charge on any atom is -0.378 e. The molecular formula is C24H31ClN4O2. The van der Waals surface area contributed by atoms with Crippen LogP contribution in [0, 0.1) is 0 Å². The summed E-state index contributed by atoms with van der Waals surface area (Å²) < 4.78 is 0. The van der Waals surface area contributed by atoms with E-state index in [1.165, 1.54) is 0 Å². The highest BCUT2D eigenvalue weighted by Gasteiger charge is 2.25. The molecule has 0 saturated carbocycles. The van der Waals surface area contributed by atoms with Crippen molar-refractivity contribution in [3.05, 3.63) is 64.7 Å². The Kier molecular flexibility index (Phi) is 8.32. The molecule has 166 valence electrons. The monoisotopic (exact) mass is 442 g/mol. The van der Waals surface area contributed by atoms with Crippen LogP contribution in [0.5, 0.6) is 0 Å². The summed E-state index contributed by atoms with van der Waals surface area (Å²) in [5.41, 5.74) is 3.34. The molecule has 2 aromatic rings. The number of benzene rings is 2. The van der Waals surface area contributed by atoms with Gasteiger partial charge in [0.25, 0.3) is 0 Å². The molecule has 0 aliphatic carbocycles. The average Bonchev–Trinajstić information content (AvgIpc) is 3.30. The lowest BCUT2D eigenvalue weighted by Crippen LogP contribution is -2.44. The van der Waals surface area contributed by atoms with E-state index < -0.39 is 11.8 Å². The van der Waals surface area contributed by atoms with E-state index >= 15 is 0 Å². The van der Waals surface area contributed by atoms with E-state index in [1.807, 2.05) is 38.4 Å². The minimum atomic E-state index is -0.600. The second kappa shape index (κ2) is 11.2. The number of likely N-dealkylation sites (tertiary alicyclic amines) is 1. The number of rotatable bonds is 8. The molecule has 6 nitrogen and oxygen atoms in total. The highest BCUT2D eigenvalue weighted by atomic mass is 35.5. The van der Waals surface area contributed by atoms with Crippen LogP contribution >= 0.6 is 11.6 Å². The van der Waals surface area contributed by atoms with Gasteiger partial charge < -0.3 is 15.5 Å². The molecule has 0 radical (unpaired) electrons. The number of hydrogen-bond acceptors (Lipinski definition) is 4. The van der Waals surface area contributed by atoms with Gasteiger partial charge in [-0.2, -0.15) is 0 Å². The Morgan fingerprint density at radius 3 is 2.19 bits per heavy atom. The SMILES string of the molecule is CN(C)c1ccc(C(CNC(=O)C(=O)NCCc2ccc(Cl)cc2)N2CCCC2)cc1. The molecule has 1 aliphatic heterocycles. The highest BCUT2D eigenvalue weighted by molar-refractivity contribution is 6.35. The lowest BCUT2D eigenvalue weighted by Gasteiger charge is -2.28. The van der Waals surface area contributed by atoms with Crippen LogP contribution in [0.4, 0.5) is 5.69 Å². The topological polar surface area (TPSA) is 64.7 Å². The third kappa shape index (κ3) is 6.71. The van der Waals surface area contributed by atoms with Crippen LogP contribution in [0.15, 0.2) is 48.5 Å². The van der Waals surface area contributed by atoms with Crippen LogP contribution < -0.4 is 15.5 Å². The second-order valence-corrected chi connectivity index (χ2v) is 8.52. The number of hydrogen-bond donors (Lipinski definition) is 2. The first-order valence-electron chi connectivity index (χ1n) is 10.8. The molecule has 1 unspecified atom stereocenters. The molecule has 0 spiro atoms. The minimum absolute atomic E-state index is 0.0597. The molecule has 2 amide bonds. The van der Waals surface area contributed by atoms with Crippen LogP contribution in [0.2, 0.25) is 5.02 Å². The molecule has 31 heavy (non-hydrogen) atoms. The van der Waals surface area contributed by atoms with Gasteiger partial charge in [0.15, 0.2) is 0 Å². The van der Waals surface area contributed by atoms with Gasteiger partial charge in [0, 0.05) is 37.9 Å². The Balaban J connectivity index is 1.52. The van der Waals surface area contributed by atoms with Crippen molar-refractivity contribution in [2.75, 3.05) is 45.2 Å². The summed E-state index contributed by atoms with van der Waals surface area (Å²) in [4.78, 5) is 29.0. The first kappa shape index (κ1) is 23.1. The third-order valence-corrected chi connectivity index (χ3v) is 5.90. The highest BCUT2D eigenvalue weighted by Crippen LogP contribution is 2.26. The quantitative estimate of drug-likeness (QED) is 0.617. The fourth-order valence-electron chi connectivity index (χ4n) is 3.83. The maximum Gasteiger partial charge on any atom is 0.309 e. The maximum atomic E-state index is 12.4. The third-order valence-electron chi connectivity index (χ3n) is 5.65. The van der Waals surface area contributed by atoms with Crippen LogP contribution in [0.25, 0.3) is 0 Å². The summed E-state index contributed by atoms with van der Waals surface area (Å²) in [5, 5.41) is 6.20. The molecule has 3 rings (SSSR count). The molecule has 1 heterocycles. The van der Waals surface area contributed by atoms with Crippen LogP contribution in [-0.4, -0.2) is 57.0 Å². The van der Waals surface area contributed by atoms with Crippen LogP contribution in [-0.2, 0) is 16.0 Å². The lowest BCUT2D eigenvalue weighted by atomic mass is 10.0. The van der Waals surface area contributed by atoms with Gasteiger partial charge in [-0.25, -0.2) is 0 Å². The van der Waals surface area contributed by atoms with Crippen molar-refractivity contribution in [1.82, 2.24) is 15.5 Å². The molecule has 1 saturated heterocycles. The molecule has 2 N–H and O–H groups in total. The number of carbonyl (C=O) groups excluding carboxylic acids is 2. The normalized spacial score (nSPS) is 14.8.